The molecule has 1 aromatic carbocycles. The SMILES string of the molecule is COCc1nc(OC)c2c(C)c(C(=O)NCc3cccnc3Oc3cccc(F)c3)sc2n1. The van der Waals surface area contributed by atoms with Crippen molar-refractivity contribution in [2.24, 2.45) is 0 Å². The Kier molecular flexibility index (Phi) is 6.76. The number of carbonyl (C=O) groups is 1. The van der Waals surface area contributed by atoms with E-state index in [9.17, 15) is 9.18 Å². The van der Waals surface area contributed by atoms with Crippen LogP contribution in [0.5, 0.6) is 17.5 Å². The van der Waals surface area contributed by atoms with Crippen molar-refractivity contribution in [1.82, 2.24) is 20.3 Å². The van der Waals surface area contributed by atoms with Gasteiger partial charge in [0.05, 0.1) is 17.4 Å². The minimum absolute atomic E-state index is 0.169. The molecule has 0 aliphatic carbocycles. The van der Waals surface area contributed by atoms with Crippen LogP contribution >= 0.6 is 11.3 Å². The first-order chi connectivity index (χ1) is 16.0. The molecule has 8 nitrogen and oxygen atoms in total. The van der Waals surface area contributed by atoms with Gasteiger partial charge in [-0.3, -0.25) is 4.79 Å². The molecule has 10 heteroatoms. The molecule has 0 saturated carbocycles. The summed E-state index contributed by atoms with van der Waals surface area (Å²) in [5.74, 6) is 0.798. The smallest absolute Gasteiger partial charge is 0.261 e. The molecule has 4 rings (SSSR count). The molecule has 33 heavy (non-hydrogen) atoms. The molecule has 1 amide bonds. The van der Waals surface area contributed by atoms with Gasteiger partial charge in [0.25, 0.3) is 5.91 Å². The lowest BCUT2D eigenvalue weighted by Gasteiger charge is -2.11. The number of rotatable bonds is 8. The molecule has 0 bridgehead atoms. The van der Waals surface area contributed by atoms with Crippen molar-refractivity contribution in [3.05, 3.63) is 70.2 Å². The van der Waals surface area contributed by atoms with Gasteiger partial charge in [-0.1, -0.05) is 12.1 Å². The van der Waals surface area contributed by atoms with E-state index in [1.165, 1.54) is 30.6 Å². The molecular weight excluding hydrogens is 447 g/mol. The van der Waals surface area contributed by atoms with Crippen LogP contribution in [-0.2, 0) is 17.9 Å². The number of aryl methyl sites for hydroxylation is 1. The van der Waals surface area contributed by atoms with E-state index >= 15 is 0 Å². The summed E-state index contributed by atoms with van der Waals surface area (Å²) in [7, 11) is 3.08. The molecule has 0 aliphatic rings. The Morgan fingerprint density at radius 2 is 2.00 bits per heavy atom. The quantitative estimate of drug-likeness (QED) is 0.409. The maximum Gasteiger partial charge on any atom is 0.261 e. The first-order valence-corrected chi connectivity index (χ1v) is 10.8. The second-order valence-corrected chi connectivity index (χ2v) is 8.03. The number of fused-ring (bicyclic) bond motifs is 1. The monoisotopic (exact) mass is 468 g/mol. The van der Waals surface area contributed by atoms with Crippen molar-refractivity contribution in [3.63, 3.8) is 0 Å². The summed E-state index contributed by atoms with van der Waals surface area (Å²) in [5, 5.41) is 3.59. The molecule has 0 saturated heterocycles. The highest BCUT2D eigenvalue weighted by atomic mass is 32.1. The van der Waals surface area contributed by atoms with Gasteiger partial charge in [-0.2, -0.15) is 4.98 Å². The Morgan fingerprint density at radius 3 is 2.76 bits per heavy atom. The molecule has 0 radical (unpaired) electrons. The minimum Gasteiger partial charge on any atom is -0.480 e. The zero-order valence-corrected chi connectivity index (χ0v) is 19.0. The van der Waals surface area contributed by atoms with Crippen molar-refractivity contribution in [3.8, 4) is 17.5 Å². The Balaban J connectivity index is 1.56. The Bertz CT molecular complexity index is 1310. The van der Waals surface area contributed by atoms with E-state index in [4.69, 9.17) is 14.2 Å². The number of methoxy groups -OCH3 is 2. The normalized spacial score (nSPS) is 10.9. The lowest BCUT2D eigenvalue weighted by Crippen LogP contribution is -2.22. The molecule has 3 aromatic heterocycles. The summed E-state index contributed by atoms with van der Waals surface area (Å²) in [6.45, 7) is 2.24. The molecule has 0 aliphatic heterocycles. The molecule has 1 N–H and O–H groups in total. The Labute approximate surface area is 193 Å². The minimum atomic E-state index is -0.411. The van der Waals surface area contributed by atoms with Crippen LogP contribution in [0.2, 0.25) is 0 Å². The van der Waals surface area contributed by atoms with Crippen LogP contribution in [0.1, 0.15) is 26.6 Å². The topological polar surface area (TPSA) is 95.5 Å². The number of halogens is 1. The summed E-state index contributed by atoms with van der Waals surface area (Å²) in [5.41, 5.74) is 1.38. The highest BCUT2D eigenvalue weighted by molar-refractivity contribution is 7.20. The molecule has 3 heterocycles. The van der Waals surface area contributed by atoms with Crippen molar-refractivity contribution in [2.75, 3.05) is 14.2 Å². The number of carbonyl (C=O) groups excluding carboxylic acids is 1. The van der Waals surface area contributed by atoms with Gasteiger partial charge in [-0.15, -0.1) is 11.3 Å². The number of aromatic nitrogens is 3. The van der Waals surface area contributed by atoms with Crippen LogP contribution < -0.4 is 14.8 Å². The summed E-state index contributed by atoms with van der Waals surface area (Å²) in [6, 6.07) is 9.30. The standard InChI is InChI=1S/C23H21FN4O4S/c1-13-18-22(31-3)27-17(12-30-2)28-23(18)33-19(13)20(29)26-11-14-6-5-9-25-21(14)32-16-8-4-7-15(24)10-16/h4-10H,11-12H2,1-3H3,(H,26,29). The molecule has 0 atom stereocenters. The average molecular weight is 469 g/mol. The largest absolute Gasteiger partial charge is 0.480 e. The van der Waals surface area contributed by atoms with Gasteiger partial charge in [0.15, 0.2) is 5.82 Å². The summed E-state index contributed by atoms with van der Waals surface area (Å²) in [4.78, 5) is 27.2. The second-order valence-electron chi connectivity index (χ2n) is 7.03. The molecule has 0 spiro atoms. The zero-order chi connectivity index (χ0) is 23.4. The van der Waals surface area contributed by atoms with E-state index in [2.05, 4.69) is 20.3 Å². The van der Waals surface area contributed by atoms with Crippen molar-refractivity contribution >= 4 is 27.5 Å². The lowest BCUT2D eigenvalue weighted by atomic mass is 10.2. The third-order valence-corrected chi connectivity index (χ3v) is 5.96. The van der Waals surface area contributed by atoms with Gasteiger partial charge in [0.2, 0.25) is 11.8 Å². The molecule has 0 unspecified atom stereocenters. The van der Waals surface area contributed by atoms with Gasteiger partial charge in [0.1, 0.15) is 23.0 Å². The van der Waals surface area contributed by atoms with Gasteiger partial charge >= 0.3 is 0 Å². The molecular formula is C23H21FN4O4S. The molecule has 0 fully saturated rings. The average Bonchev–Trinajstić information content (AvgIpc) is 3.14. The summed E-state index contributed by atoms with van der Waals surface area (Å²) >= 11 is 1.26. The third-order valence-electron chi connectivity index (χ3n) is 4.78. The van der Waals surface area contributed by atoms with Crippen LogP contribution in [0.3, 0.4) is 0 Å². The summed E-state index contributed by atoms with van der Waals surface area (Å²) < 4.78 is 29.7. The van der Waals surface area contributed by atoms with Gasteiger partial charge in [0, 0.05) is 31.5 Å². The van der Waals surface area contributed by atoms with Crippen LogP contribution in [0, 0.1) is 12.7 Å². The number of ether oxygens (including phenoxy) is 3. The fourth-order valence-corrected chi connectivity index (χ4v) is 4.36. The first kappa shape index (κ1) is 22.6. The van der Waals surface area contributed by atoms with Crippen molar-refractivity contribution < 1.29 is 23.4 Å². The predicted octanol–water partition coefficient (Wildman–Crippen LogP) is 4.41. The van der Waals surface area contributed by atoms with Crippen LogP contribution in [-0.4, -0.2) is 35.1 Å². The summed E-state index contributed by atoms with van der Waals surface area (Å²) in [6.07, 6.45) is 1.57. The number of hydrogen-bond donors (Lipinski definition) is 1. The second kappa shape index (κ2) is 9.88. The predicted molar refractivity (Wildman–Crippen MR) is 121 cm³/mol. The van der Waals surface area contributed by atoms with Crippen molar-refractivity contribution in [2.45, 2.75) is 20.1 Å². The zero-order valence-electron chi connectivity index (χ0n) is 18.2. The first-order valence-electron chi connectivity index (χ1n) is 9.98. The highest BCUT2D eigenvalue weighted by Crippen LogP contribution is 2.35. The van der Waals surface area contributed by atoms with E-state index in [-0.39, 0.29) is 24.9 Å². The number of benzene rings is 1. The van der Waals surface area contributed by atoms with Crippen LogP contribution in [0.4, 0.5) is 4.39 Å². The number of pyridine rings is 1. The fourth-order valence-electron chi connectivity index (χ4n) is 3.25. The maximum absolute atomic E-state index is 13.5. The van der Waals surface area contributed by atoms with E-state index in [1.807, 2.05) is 6.92 Å². The Hall–Kier alpha value is -3.63. The van der Waals surface area contributed by atoms with Gasteiger partial charge < -0.3 is 19.5 Å². The highest BCUT2D eigenvalue weighted by Gasteiger charge is 2.21. The number of nitrogens with zero attached hydrogens (tertiary/aromatic N) is 3. The van der Waals surface area contributed by atoms with E-state index < -0.39 is 5.82 Å². The van der Waals surface area contributed by atoms with Gasteiger partial charge in [-0.05, 0) is 30.7 Å². The number of thiophene rings is 1. The maximum atomic E-state index is 13.5. The fraction of sp³-hybridized carbons (Fsp3) is 0.217. The number of hydrogen-bond acceptors (Lipinski definition) is 8. The van der Waals surface area contributed by atoms with E-state index in [0.29, 0.717) is 38.1 Å². The third kappa shape index (κ3) is 4.91. The molecule has 170 valence electrons. The van der Waals surface area contributed by atoms with Crippen LogP contribution in [0.15, 0.2) is 42.6 Å². The number of amides is 1. The van der Waals surface area contributed by atoms with Crippen LogP contribution in [0.25, 0.3) is 10.2 Å². The lowest BCUT2D eigenvalue weighted by molar-refractivity contribution is 0.0954. The Morgan fingerprint density at radius 1 is 1.15 bits per heavy atom. The van der Waals surface area contributed by atoms with E-state index in [1.54, 1.807) is 37.6 Å². The van der Waals surface area contributed by atoms with Gasteiger partial charge in [-0.25, -0.2) is 14.4 Å². The van der Waals surface area contributed by atoms with Crippen molar-refractivity contribution in [1.29, 1.82) is 0 Å². The number of nitrogens with one attached hydrogen (secondary N) is 1. The van der Waals surface area contributed by atoms with E-state index in [0.717, 1.165) is 5.56 Å². The molecule has 4 aromatic rings.